The second kappa shape index (κ2) is 6.24. The molecule has 1 aliphatic rings. The van der Waals surface area contributed by atoms with Crippen molar-refractivity contribution in [1.82, 2.24) is 5.32 Å². The van der Waals surface area contributed by atoms with E-state index in [4.69, 9.17) is 0 Å². The number of halogens is 3. The van der Waals surface area contributed by atoms with E-state index < -0.39 is 11.6 Å². The molecule has 0 aromatic heterocycles. The average Bonchev–Trinajstić information content (AvgIpc) is 2.50. The van der Waals surface area contributed by atoms with Crippen LogP contribution in [0, 0.1) is 11.6 Å². The lowest BCUT2D eigenvalue weighted by molar-refractivity contribution is 0.401. The van der Waals surface area contributed by atoms with Crippen LogP contribution in [0.4, 0.5) is 8.78 Å². The van der Waals surface area contributed by atoms with Crippen molar-refractivity contribution in [3.8, 4) is 0 Å². The first-order valence-electron chi connectivity index (χ1n) is 7.06. The van der Waals surface area contributed by atoms with Crippen LogP contribution in [-0.2, 0) is 0 Å². The SMILES string of the molecule is Fc1ccc(C2CCNCC2c2cccc(Br)c2)cc1F. The Hall–Kier alpha value is -1.26. The first kappa shape index (κ1) is 14.7. The van der Waals surface area contributed by atoms with Gasteiger partial charge in [0.2, 0.25) is 0 Å². The monoisotopic (exact) mass is 351 g/mol. The highest BCUT2D eigenvalue weighted by Gasteiger charge is 2.28. The smallest absolute Gasteiger partial charge is 0.159 e. The number of piperidine rings is 1. The molecule has 4 heteroatoms. The summed E-state index contributed by atoms with van der Waals surface area (Å²) in [4.78, 5) is 0. The van der Waals surface area contributed by atoms with Gasteiger partial charge in [-0.2, -0.15) is 0 Å². The molecular formula is C17H16BrF2N. The number of rotatable bonds is 2. The zero-order chi connectivity index (χ0) is 14.8. The van der Waals surface area contributed by atoms with E-state index in [-0.39, 0.29) is 11.8 Å². The summed E-state index contributed by atoms with van der Waals surface area (Å²) in [7, 11) is 0. The molecule has 0 saturated carbocycles. The highest BCUT2D eigenvalue weighted by atomic mass is 79.9. The topological polar surface area (TPSA) is 12.0 Å². The van der Waals surface area contributed by atoms with E-state index in [0.29, 0.717) is 0 Å². The normalized spacial score (nSPS) is 22.2. The van der Waals surface area contributed by atoms with Gasteiger partial charge >= 0.3 is 0 Å². The van der Waals surface area contributed by atoms with Crippen LogP contribution < -0.4 is 5.32 Å². The molecule has 1 saturated heterocycles. The highest BCUT2D eigenvalue weighted by Crippen LogP contribution is 2.38. The van der Waals surface area contributed by atoms with Crippen molar-refractivity contribution in [1.29, 1.82) is 0 Å². The summed E-state index contributed by atoms with van der Waals surface area (Å²) >= 11 is 3.50. The van der Waals surface area contributed by atoms with E-state index in [1.54, 1.807) is 6.07 Å². The molecule has 2 atom stereocenters. The Morgan fingerprint density at radius 1 is 0.952 bits per heavy atom. The molecule has 0 amide bonds. The molecule has 1 heterocycles. The Morgan fingerprint density at radius 3 is 2.52 bits per heavy atom. The first-order valence-corrected chi connectivity index (χ1v) is 7.85. The molecule has 1 N–H and O–H groups in total. The average molecular weight is 352 g/mol. The Labute approximate surface area is 131 Å². The highest BCUT2D eigenvalue weighted by molar-refractivity contribution is 9.10. The van der Waals surface area contributed by atoms with Gasteiger partial charge in [-0.25, -0.2) is 8.78 Å². The maximum atomic E-state index is 13.5. The summed E-state index contributed by atoms with van der Waals surface area (Å²) in [5, 5.41) is 3.40. The maximum Gasteiger partial charge on any atom is 0.159 e. The van der Waals surface area contributed by atoms with Gasteiger partial charge in [-0.3, -0.25) is 0 Å². The van der Waals surface area contributed by atoms with E-state index in [0.717, 1.165) is 29.5 Å². The van der Waals surface area contributed by atoms with Gasteiger partial charge in [0.15, 0.2) is 11.6 Å². The van der Waals surface area contributed by atoms with Crippen molar-refractivity contribution in [3.63, 3.8) is 0 Å². The second-order valence-electron chi connectivity index (χ2n) is 5.43. The summed E-state index contributed by atoms with van der Waals surface area (Å²) in [5.41, 5.74) is 2.09. The molecule has 1 fully saturated rings. The van der Waals surface area contributed by atoms with Gasteiger partial charge in [0.05, 0.1) is 0 Å². The molecule has 0 bridgehead atoms. The van der Waals surface area contributed by atoms with E-state index in [1.807, 2.05) is 12.1 Å². The Bertz CT molecular complexity index is 644. The molecule has 21 heavy (non-hydrogen) atoms. The Balaban J connectivity index is 1.96. The lowest BCUT2D eigenvalue weighted by Gasteiger charge is -2.33. The van der Waals surface area contributed by atoms with Crippen molar-refractivity contribution < 1.29 is 8.78 Å². The van der Waals surface area contributed by atoms with Crippen LogP contribution in [0.2, 0.25) is 0 Å². The fourth-order valence-electron chi connectivity index (χ4n) is 3.09. The van der Waals surface area contributed by atoms with Gasteiger partial charge in [0, 0.05) is 16.9 Å². The summed E-state index contributed by atoms with van der Waals surface area (Å²) in [6, 6.07) is 12.5. The second-order valence-corrected chi connectivity index (χ2v) is 6.35. The molecule has 0 aliphatic carbocycles. The van der Waals surface area contributed by atoms with Gasteiger partial charge in [-0.1, -0.05) is 34.1 Å². The Kier molecular flexibility index (Phi) is 4.36. The zero-order valence-electron chi connectivity index (χ0n) is 11.5. The molecule has 1 nitrogen and oxygen atoms in total. The van der Waals surface area contributed by atoms with Crippen molar-refractivity contribution in [2.75, 3.05) is 13.1 Å². The summed E-state index contributed by atoms with van der Waals surface area (Å²) in [5.74, 6) is -1.08. The Morgan fingerprint density at radius 2 is 1.76 bits per heavy atom. The lowest BCUT2D eigenvalue weighted by atomic mass is 9.77. The minimum atomic E-state index is -0.785. The first-order chi connectivity index (χ1) is 10.1. The molecule has 2 aromatic carbocycles. The third-order valence-corrected chi connectivity index (χ3v) is 4.62. The standard InChI is InChI=1S/C17H16BrF2N/c18-13-3-1-2-11(8-13)15-10-21-7-6-14(15)12-4-5-16(19)17(20)9-12/h1-5,8-9,14-15,21H,6-7,10H2. The van der Waals surface area contributed by atoms with Gasteiger partial charge in [0.25, 0.3) is 0 Å². The van der Waals surface area contributed by atoms with Crippen molar-refractivity contribution in [2.45, 2.75) is 18.3 Å². The largest absolute Gasteiger partial charge is 0.316 e. The van der Waals surface area contributed by atoms with Crippen molar-refractivity contribution in [3.05, 3.63) is 69.7 Å². The van der Waals surface area contributed by atoms with Crippen LogP contribution in [-0.4, -0.2) is 13.1 Å². The molecule has 2 unspecified atom stereocenters. The van der Waals surface area contributed by atoms with Gasteiger partial charge in [-0.05, 0) is 54.3 Å². The van der Waals surface area contributed by atoms with E-state index >= 15 is 0 Å². The minimum absolute atomic E-state index is 0.204. The number of benzene rings is 2. The van der Waals surface area contributed by atoms with Crippen LogP contribution in [0.15, 0.2) is 46.9 Å². The molecule has 2 aromatic rings. The zero-order valence-corrected chi connectivity index (χ0v) is 13.0. The van der Waals surface area contributed by atoms with Gasteiger partial charge < -0.3 is 5.32 Å². The fourth-order valence-corrected chi connectivity index (χ4v) is 3.50. The predicted molar refractivity (Wildman–Crippen MR) is 83.5 cm³/mol. The number of hydrogen-bond acceptors (Lipinski definition) is 1. The van der Waals surface area contributed by atoms with E-state index in [9.17, 15) is 8.78 Å². The van der Waals surface area contributed by atoms with Crippen LogP contribution in [0.5, 0.6) is 0 Å². The maximum absolute atomic E-state index is 13.5. The molecule has 0 radical (unpaired) electrons. The number of hydrogen-bond donors (Lipinski definition) is 1. The summed E-state index contributed by atoms with van der Waals surface area (Å²) < 4.78 is 27.7. The van der Waals surface area contributed by atoms with Gasteiger partial charge in [0.1, 0.15) is 0 Å². The number of nitrogens with one attached hydrogen (secondary N) is 1. The molecule has 0 spiro atoms. The van der Waals surface area contributed by atoms with Crippen LogP contribution in [0.1, 0.15) is 29.4 Å². The molecule has 3 rings (SSSR count). The quantitative estimate of drug-likeness (QED) is 0.834. The third-order valence-electron chi connectivity index (χ3n) is 4.13. The van der Waals surface area contributed by atoms with Crippen LogP contribution >= 0.6 is 15.9 Å². The van der Waals surface area contributed by atoms with Gasteiger partial charge in [-0.15, -0.1) is 0 Å². The molecule has 1 aliphatic heterocycles. The molecule has 110 valence electrons. The minimum Gasteiger partial charge on any atom is -0.316 e. The third kappa shape index (κ3) is 3.16. The fraction of sp³-hybridized carbons (Fsp3) is 0.294. The van der Waals surface area contributed by atoms with E-state index in [1.165, 1.54) is 17.7 Å². The van der Waals surface area contributed by atoms with Crippen molar-refractivity contribution in [2.24, 2.45) is 0 Å². The van der Waals surface area contributed by atoms with Crippen LogP contribution in [0.3, 0.4) is 0 Å². The predicted octanol–water partition coefficient (Wildman–Crippen LogP) is 4.59. The molecular weight excluding hydrogens is 336 g/mol. The van der Waals surface area contributed by atoms with Crippen LogP contribution in [0.25, 0.3) is 0 Å². The van der Waals surface area contributed by atoms with E-state index in [2.05, 4.69) is 33.4 Å². The summed E-state index contributed by atoms with van der Waals surface area (Å²) in [6.45, 7) is 1.74. The lowest BCUT2D eigenvalue weighted by Crippen LogP contribution is -2.34. The van der Waals surface area contributed by atoms with Crippen molar-refractivity contribution >= 4 is 15.9 Å². The summed E-state index contributed by atoms with van der Waals surface area (Å²) in [6.07, 6.45) is 0.919.